The highest BCUT2D eigenvalue weighted by Crippen LogP contribution is 2.28. The van der Waals surface area contributed by atoms with Crippen molar-refractivity contribution in [1.82, 2.24) is 18.7 Å². The molecule has 0 saturated carbocycles. The van der Waals surface area contributed by atoms with Gasteiger partial charge in [0, 0.05) is 20.2 Å². The van der Waals surface area contributed by atoms with Gasteiger partial charge in [0.25, 0.3) is 5.56 Å². The van der Waals surface area contributed by atoms with Gasteiger partial charge < -0.3 is 14.6 Å². The molecule has 0 fully saturated rings. The Kier molecular flexibility index (Phi) is 6.65. The average molecular weight is 490 g/mol. The summed E-state index contributed by atoms with van der Waals surface area (Å²) in [4.78, 5) is 30.4. The summed E-state index contributed by atoms with van der Waals surface area (Å²) in [6.45, 7) is 0.0000252. The molecule has 0 unspecified atom stereocenters. The van der Waals surface area contributed by atoms with Crippen LogP contribution >= 0.6 is 0 Å². The van der Waals surface area contributed by atoms with Crippen LogP contribution in [0.4, 0.5) is 13.2 Å². The quantitative estimate of drug-likeness (QED) is 0.408. The standard InChI is InChI=1S/C23H21F3N4O5/c1-28-19-18(20(32)29(22(28)33)12-5-13-31)30(14-15-6-3-2-4-7-15)21(27-19)34-16-8-10-17(11-9-16)35-23(24,25)26/h2-4,6-11,31H,5,12-14H2,1H3. The summed E-state index contributed by atoms with van der Waals surface area (Å²) >= 11 is 0. The van der Waals surface area contributed by atoms with Gasteiger partial charge in [-0.15, -0.1) is 13.2 Å². The number of imidazole rings is 1. The maximum absolute atomic E-state index is 13.3. The molecule has 9 nitrogen and oxygen atoms in total. The highest BCUT2D eigenvalue weighted by atomic mass is 19.4. The summed E-state index contributed by atoms with van der Waals surface area (Å²) in [5.41, 5.74) is -0.172. The largest absolute Gasteiger partial charge is 0.573 e. The van der Waals surface area contributed by atoms with Gasteiger partial charge in [-0.25, -0.2) is 4.79 Å². The normalized spacial score (nSPS) is 11.7. The van der Waals surface area contributed by atoms with Crippen LogP contribution in [-0.4, -0.2) is 36.8 Å². The van der Waals surface area contributed by atoms with Crippen LogP contribution < -0.4 is 20.7 Å². The number of ether oxygens (including phenoxy) is 2. The second-order valence-corrected chi connectivity index (χ2v) is 7.64. The topological polar surface area (TPSA) is 101 Å². The first-order valence-electron chi connectivity index (χ1n) is 10.6. The zero-order valence-corrected chi connectivity index (χ0v) is 18.5. The Bertz CT molecular complexity index is 1440. The van der Waals surface area contributed by atoms with Gasteiger partial charge in [-0.2, -0.15) is 4.98 Å². The third-order valence-electron chi connectivity index (χ3n) is 5.19. The number of halogens is 3. The zero-order chi connectivity index (χ0) is 25.2. The highest BCUT2D eigenvalue weighted by molar-refractivity contribution is 5.72. The summed E-state index contributed by atoms with van der Waals surface area (Å²) in [7, 11) is 1.46. The van der Waals surface area contributed by atoms with Crippen molar-refractivity contribution < 1.29 is 27.8 Å². The molecule has 2 aromatic heterocycles. The Hall–Kier alpha value is -4.06. The van der Waals surface area contributed by atoms with Crippen molar-refractivity contribution in [2.45, 2.75) is 25.9 Å². The van der Waals surface area contributed by atoms with Crippen molar-refractivity contribution >= 4 is 11.2 Å². The molecular weight excluding hydrogens is 469 g/mol. The van der Waals surface area contributed by atoms with E-state index in [1.54, 1.807) is 0 Å². The monoisotopic (exact) mass is 490 g/mol. The number of nitrogens with zero attached hydrogens (tertiary/aromatic N) is 4. The fourth-order valence-electron chi connectivity index (χ4n) is 3.58. The Labute approximate surface area is 196 Å². The second-order valence-electron chi connectivity index (χ2n) is 7.64. The molecule has 12 heteroatoms. The van der Waals surface area contributed by atoms with E-state index >= 15 is 0 Å². The number of aromatic nitrogens is 4. The number of alkyl halides is 3. The maximum Gasteiger partial charge on any atom is 0.573 e. The molecule has 0 bridgehead atoms. The summed E-state index contributed by atoms with van der Waals surface area (Å²) < 4.78 is 50.8. The lowest BCUT2D eigenvalue weighted by Gasteiger charge is -2.12. The van der Waals surface area contributed by atoms with Crippen LogP contribution in [0.2, 0.25) is 0 Å². The van der Waals surface area contributed by atoms with Gasteiger partial charge in [0.15, 0.2) is 11.2 Å². The minimum atomic E-state index is -4.83. The van der Waals surface area contributed by atoms with E-state index in [9.17, 15) is 22.8 Å². The molecule has 4 aromatic rings. The summed E-state index contributed by atoms with van der Waals surface area (Å²) in [5.74, 6) is -0.272. The van der Waals surface area contributed by atoms with Crippen LogP contribution in [-0.2, 0) is 20.1 Å². The van der Waals surface area contributed by atoms with Crippen LogP contribution in [0, 0.1) is 0 Å². The lowest BCUT2D eigenvalue weighted by atomic mass is 10.2. The molecule has 0 spiro atoms. The van der Waals surface area contributed by atoms with Crippen molar-refractivity contribution in [2.75, 3.05) is 6.61 Å². The molecule has 0 aliphatic carbocycles. The van der Waals surface area contributed by atoms with Crippen molar-refractivity contribution in [2.24, 2.45) is 7.05 Å². The number of fused-ring (bicyclic) bond motifs is 1. The summed E-state index contributed by atoms with van der Waals surface area (Å²) in [6, 6.07) is 13.8. The van der Waals surface area contributed by atoms with E-state index in [1.807, 2.05) is 30.3 Å². The van der Waals surface area contributed by atoms with Crippen molar-refractivity contribution in [3.63, 3.8) is 0 Å². The molecule has 184 valence electrons. The van der Waals surface area contributed by atoms with E-state index in [1.165, 1.54) is 28.3 Å². The van der Waals surface area contributed by atoms with Gasteiger partial charge in [-0.1, -0.05) is 30.3 Å². The Balaban J connectivity index is 1.82. The Morgan fingerprint density at radius 1 is 0.971 bits per heavy atom. The molecule has 4 rings (SSSR count). The van der Waals surface area contributed by atoms with Crippen molar-refractivity contribution in [1.29, 1.82) is 0 Å². The lowest BCUT2D eigenvalue weighted by Crippen LogP contribution is -2.39. The average Bonchev–Trinajstić information content (AvgIpc) is 3.16. The smallest absolute Gasteiger partial charge is 0.425 e. The molecule has 0 amide bonds. The minimum absolute atomic E-state index is 0.0192. The summed E-state index contributed by atoms with van der Waals surface area (Å²) in [5, 5.41) is 9.16. The SMILES string of the molecule is Cn1c(=O)n(CCCO)c(=O)c2c1nc(Oc1ccc(OC(F)(F)F)cc1)n2Cc1ccccc1. The Morgan fingerprint density at radius 3 is 2.26 bits per heavy atom. The van der Waals surface area contributed by atoms with Gasteiger partial charge in [0.05, 0.1) is 6.54 Å². The minimum Gasteiger partial charge on any atom is -0.425 e. The number of aliphatic hydroxyl groups is 1. The van der Waals surface area contributed by atoms with Crippen LogP contribution in [0.15, 0.2) is 64.2 Å². The Morgan fingerprint density at radius 2 is 1.63 bits per heavy atom. The number of hydrogen-bond donors (Lipinski definition) is 1. The highest BCUT2D eigenvalue weighted by Gasteiger charge is 2.31. The van der Waals surface area contributed by atoms with E-state index in [0.717, 1.165) is 22.3 Å². The van der Waals surface area contributed by atoms with E-state index in [4.69, 9.17) is 9.84 Å². The number of hydrogen-bond acceptors (Lipinski definition) is 6. The third kappa shape index (κ3) is 5.22. The molecule has 1 N–H and O–H groups in total. The number of benzene rings is 2. The molecular formula is C23H21F3N4O5. The van der Waals surface area contributed by atoms with Gasteiger partial charge in [0.2, 0.25) is 0 Å². The number of rotatable bonds is 8. The molecule has 0 saturated heterocycles. The number of aryl methyl sites for hydroxylation is 1. The molecule has 0 aliphatic heterocycles. The summed E-state index contributed by atoms with van der Waals surface area (Å²) in [6.07, 6.45) is -4.62. The van der Waals surface area contributed by atoms with E-state index < -0.39 is 23.4 Å². The van der Waals surface area contributed by atoms with Crippen LogP contribution in [0.3, 0.4) is 0 Å². The fourth-order valence-corrected chi connectivity index (χ4v) is 3.58. The number of aliphatic hydroxyl groups excluding tert-OH is 1. The molecule has 2 heterocycles. The first-order chi connectivity index (χ1) is 16.7. The molecule has 35 heavy (non-hydrogen) atoms. The molecule has 2 aromatic carbocycles. The second kappa shape index (κ2) is 9.66. The van der Waals surface area contributed by atoms with E-state index in [0.29, 0.717) is 0 Å². The fraction of sp³-hybridized carbons (Fsp3) is 0.261. The maximum atomic E-state index is 13.3. The van der Waals surface area contributed by atoms with Gasteiger partial charge in [-0.05, 0) is 36.2 Å². The first-order valence-corrected chi connectivity index (χ1v) is 10.6. The third-order valence-corrected chi connectivity index (χ3v) is 5.19. The lowest BCUT2D eigenvalue weighted by molar-refractivity contribution is -0.274. The van der Waals surface area contributed by atoms with Gasteiger partial charge in [0.1, 0.15) is 11.5 Å². The van der Waals surface area contributed by atoms with Crippen LogP contribution in [0.5, 0.6) is 17.5 Å². The van der Waals surface area contributed by atoms with Crippen LogP contribution in [0.25, 0.3) is 11.2 Å². The molecule has 0 atom stereocenters. The predicted molar refractivity (Wildman–Crippen MR) is 120 cm³/mol. The van der Waals surface area contributed by atoms with E-state index in [-0.39, 0.29) is 49.0 Å². The molecule has 0 aliphatic rings. The first kappa shape index (κ1) is 24.1. The van der Waals surface area contributed by atoms with E-state index in [2.05, 4.69) is 9.72 Å². The van der Waals surface area contributed by atoms with Crippen LogP contribution in [0.1, 0.15) is 12.0 Å². The van der Waals surface area contributed by atoms with Crippen molar-refractivity contribution in [3.05, 3.63) is 81.0 Å². The zero-order valence-electron chi connectivity index (χ0n) is 18.5. The van der Waals surface area contributed by atoms with Crippen molar-refractivity contribution in [3.8, 4) is 17.5 Å². The van der Waals surface area contributed by atoms with Gasteiger partial charge >= 0.3 is 18.1 Å². The van der Waals surface area contributed by atoms with Gasteiger partial charge in [-0.3, -0.25) is 18.5 Å². The molecule has 0 radical (unpaired) electrons. The predicted octanol–water partition coefficient (Wildman–Crippen LogP) is 3.02.